The van der Waals surface area contributed by atoms with Crippen molar-refractivity contribution in [3.05, 3.63) is 91.9 Å². The molecule has 0 spiro atoms. The molecule has 22 heavy (non-hydrogen) atoms. The molecule has 1 heterocycles. The second-order valence-electron chi connectivity index (χ2n) is 5.05. The molecule has 0 fully saturated rings. The fourth-order valence-corrected chi connectivity index (χ4v) is 4.75. The van der Waals surface area contributed by atoms with Crippen molar-refractivity contribution in [2.45, 2.75) is 0 Å². The fraction of sp³-hybridized carbons (Fsp3) is 0. The van der Waals surface area contributed by atoms with Crippen molar-refractivity contribution in [2.24, 2.45) is 0 Å². The fourth-order valence-electron chi connectivity index (χ4n) is 2.83. The number of ketones is 1. The molecule has 1 aliphatic heterocycles. The SMILES string of the molecule is C=Cc1ccc2c(c1)C(=C1SC=CS1)c1ccccc1C2=O. The molecule has 0 amide bonds. The van der Waals surface area contributed by atoms with Gasteiger partial charge in [0, 0.05) is 16.7 Å². The van der Waals surface area contributed by atoms with Gasteiger partial charge in [-0.15, -0.1) is 0 Å². The highest BCUT2D eigenvalue weighted by atomic mass is 32.2. The van der Waals surface area contributed by atoms with Gasteiger partial charge in [-0.1, -0.05) is 66.5 Å². The summed E-state index contributed by atoms with van der Waals surface area (Å²) in [6.45, 7) is 3.84. The number of thioether (sulfide) groups is 2. The van der Waals surface area contributed by atoms with Gasteiger partial charge in [0.25, 0.3) is 0 Å². The van der Waals surface area contributed by atoms with Crippen molar-refractivity contribution >= 4 is 41.0 Å². The normalized spacial score (nSPS) is 15.7. The summed E-state index contributed by atoms with van der Waals surface area (Å²) in [6.07, 6.45) is 1.82. The van der Waals surface area contributed by atoms with Crippen LogP contribution in [0.2, 0.25) is 0 Å². The average molecular weight is 320 g/mol. The maximum atomic E-state index is 12.8. The highest BCUT2D eigenvalue weighted by Gasteiger charge is 2.29. The van der Waals surface area contributed by atoms with Crippen molar-refractivity contribution in [1.29, 1.82) is 0 Å². The van der Waals surface area contributed by atoms with Gasteiger partial charge in [-0.3, -0.25) is 4.79 Å². The Morgan fingerprint density at radius 3 is 2.27 bits per heavy atom. The van der Waals surface area contributed by atoms with E-state index >= 15 is 0 Å². The Bertz CT molecular complexity index is 865. The smallest absolute Gasteiger partial charge is 0.194 e. The molecule has 0 radical (unpaired) electrons. The molecule has 0 unspecified atom stereocenters. The lowest BCUT2D eigenvalue weighted by molar-refractivity contribution is 0.103. The van der Waals surface area contributed by atoms with E-state index < -0.39 is 0 Å². The molecule has 1 aliphatic carbocycles. The third-order valence-corrected chi connectivity index (χ3v) is 5.97. The van der Waals surface area contributed by atoms with Crippen LogP contribution in [0.5, 0.6) is 0 Å². The summed E-state index contributed by atoms with van der Waals surface area (Å²) in [7, 11) is 0. The summed E-state index contributed by atoms with van der Waals surface area (Å²) in [5.74, 6) is 0.103. The first-order valence-electron chi connectivity index (χ1n) is 6.93. The molecule has 3 heteroatoms. The number of hydrogen-bond acceptors (Lipinski definition) is 3. The predicted octanol–water partition coefficient (Wildman–Crippen LogP) is 5.54. The predicted molar refractivity (Wildman–Crippen MR) is 96.8 cm³/mol. The van der Waals surface area contributed by atoms with Crippen molar-refractivity contribution in [3.8, 4) is 0 Å². The summed E-state index contributed by atoms with van der Waals surface area (Å²) in [6, 6.07) is 13.8. The Labute approximate surface area is 137 Å². The monoisotopic (exact) mass is 320 g/mol. The van der Waals surface area contributed by atoms with Gasteiger partial charge in [0.2, 0.25) is 0 Å². The highest BCUT2D eigenvalue weighted by molar-refractivity contribution is 8.27. The van der Waals surface area contributed by atoms with Gasteiger partial charge in [0.15, 0.2) is 5.78 Å². The van der Waals surface area contributed by atoms with E-state index in [1.165, 1.54) is 4.24 Å². The molecule has 0 saturated heterocycles. The molecule has 106 valence electrons. The van der Waals surface area contributed by atoms with Gasteiger partial charge < -0.3 is 0 Å². The lowest BCUT2D eigenvalue weighted by Gasteiger charge is -2.23. The third-order valence-electron chi connectivity index (χ3n) is 3.84. The molecule has 0 saturated carbocycles. The minimum absolute atomic E-state index is 0.103. The van der Waals surface area contributed by atoms with Gasteiger partial charge in [0.05, 0.1) is 4.24 Å². The Kier molecular flexibility index (Phi) is 3.32. The van der Waals surface area contributed by atoms with E-state index in [4.69, 9.17) is 0 Å². The van der Waals surface area contributed by atoms with E-state index in [0.717, 1.165) is 33.4 Å². The van der Waals surface area contributed by atoms with Crippen LogP contribution in [0.15, 0.2) is 64.1 Å². The Morgan fingerprint density at radius 2 is 1.55 bits per heavy atom. The number of benzene rings is 2. The minimum atomic E-state index is 0.103. The summed E-state index contributed by atoms with van der Waals surface area (Å²) in [5, 5.41) is 4.17. The van der Waals surface area contributed by atoms with Crippen molar-refractivity contribution in [2.75, 3.05) is 0 Å². The molecular formula is C19H12OS2. The van der Waals surface area contributed by atoms with Crippen LogP contribution in [0.3, 0.4) is 0 Å². The Morgan fingerprint density at radius 1 is 0.864 bits per heavy atom. The summed E-state index contributed by atoms with van der Waals surface area (Å²) < 4.78 is 1.22. The standard InChI is InChI=1S/C19H12OS2/c1-2-12-7-8-15-16(11-12)17(19-21-9-10-22-19)13-5-3-4-6-14(13)18(15)20/h2-11H,1H2. The number of carbonyl (C=O) groups is 1. The van der Waals surface area contributed by atoms with Gasteiger partial charge in [-0.25, -0.2) is 0 Å². The number of hydrogen-bond donors (Lipinski definition) is 0. The van der Waals surface area contributed by atoms with Crippen LogP contribution in [0.1, 0.15) is 32.6 Å². The first-order valence-corrected chi connectivity index (χ1v) is 8.69. The van der Waals surface area contributed by atoms with Crippen LogP contribution in [-0.2, 0) is 0 Å². The molecule has 2 aromatic rings. The van der Waals surface area contributed by atoms with E-state index in [0.29, 0.717) is 0 Å². The molecule has 0 aromatic heterocycles. The van der Waals surface area contributed by atoms with Gasteiger partial charge in [-0.05, 0) is 39.6 Å². The van der Waals surface area contributed by atoms with Crippen molar-refractivity contribution < 1.29 is 4.79 Å². The van der Waals surface area contributed by atoms with E-state index in [9.17, 15) is 4.79 Å². The van der Waals surface area contributed by atoms with Crippen LogP contribution in [-0.4, -0.2) is 5.78 Å². The lowest BCUT2D eigenvalue weighted by Crippen LogP contribution is -2.15. The largest absolute Gasteiger partial charge is 0.289 e. The quantitative estimate of drug-likeness (QED) is 0.586. The number of rotatable bonds is 1. The molecule has 1 nitrogen and oxygen atoms in total. The van der Waals surface area contributed by atoms with Gasteiger partial charge >= 0.3 is 0 Å². The molecule has 2 aromatic carbocycles. The molecule has 0 bridgehead atoms. The van der Waals surface area contributed by atoms with Crippen LogP contribution in [0.4, 0.5) is 0 Å². The van der Waals surface area contributed by atoms with Gasteiger partial charge in [0.1, 0.15) is 0 Å². The summed E-state index contributed by atoms with van der Waals surface area (Å²) in [4.78, 5) is 12.8. The lowest BCUT2D eigenvalue weighted by atomic mass is 9.81. The Balaban J connectivity index is 2.07. The van der Waals surface area contributed by atoms with Gasteiger partial charge in [-0.2, -0.15) is 0 Å². The van der Waals surface area contributed by atoms with Crippen LogP contribution < -0.4 is 0 Å². The first kappa shape index (κ1) is 13.7. The van der Waals surface area contributed by atoms with E-state index in [1.807, 2.05) is 42.5 Å². The maximum absolute atomic E-state index is 12.8. The van der Waals surface area contributed by atoms with Crippen LogP contribution in [0.25, 0.3) is 11.6 Å². The second kappa shape index (κ2) is 5.34. The summed E-state index contributed by atoms with van der Waals surface area (Å²) >= 11 is 3.43. The zero-order valence-corrected chi connectivity index (χ0v) is 13.3. The van der Waals surface area contributed by atoms with Crippen molar-refractivity contribution in [3.63, 3.8) is 0 Å². The highest BCUT2D eigenvalue weighted by Crippen LogP contribution is 2.48. The molecule has 2 aliphatic rings. The Hall–Kier alpha value is -1.97. The molecule has 4 rings (SSSR count). The second-order valence-corrected chi connectivity index (χ2v) is 7.14. The van der Waals surface area contributed by atoms with Crippen LogP contribution >= 0.6 is 23.5 Å². The third kappa shape index (κ3) is 2.01. The maximum Gasteiger partial charge on any atom is 0.194 e. The van der Waals surface area contributed by atoms with Crippen LogP contribution in [0, 0.1) is 0 Å². The number of fused-ring (bicyclic) bond motifs is 2. The molecular weight excluding hydrogens is 308 g/mol. The van der Waals surface area contributed by atoms with Crippen molar-refractivity contribution in [1.82, 2.24) is 0 Å². The topological polar surface area (TPSA) is 17.1 Å². The zero-order valence-electron chi connectivity index (χ0n) is 11.7. The van der Waals surface area contributed by atoms with E-state index in [-0.39, 0.29) is 5.78 Å². The minimum Gasteiger partial charge on any atom is -0.289 e. The zero-order chi connectivity index (χ0) is 15.1. The average Bonchev–Trinajstić information content (AvgIpc) is 3.09. The number of carbonyl (C=O) groups excluding carboxylic acids is 1. The molecule has 0 N–H and O–H groups in total. The van der Waals surface area contributed by atoms with E-state index in [2.05, 4.69) is 23.5 Å². The van der Waals surface area contributed by atoms with E-state index in [1.54, 1.807) is 23.5 Å². The molecule has 0 atom stereocenters. The summed E-state index contributed by atoms with van der Waals surface area (Å²) in [5.41, 5.74) is 5.80. The first-order chi connectivity index (χ1) is 10.8.